The highest BCUT2D eigenvalue weighted by Gasteiger charge is 2.56. The number of hydrogen-bond donors (Lipinski definition) is 0. The van der Waals surface area contributed by atoms with Crippen LogP contribution < -0.4 is 0 Å². The fourth-order valence-electron chi connectivity index (χ4n) is 3.41. The van der Waals surface area contributed by atoms with E-state index in [9.17, 15) is 4.79 Å². The van der Waals surface area contributed by atoms with Crippen LogP contribution in [0.15, 0.2) is 23.8 Å². The summed E-state index contributed by atoms with van der Waals surface area (Å²) in [5.41, 5.74) is 1.48. The fourth-order valence-corrected chi connectivity index (χ4v) is 3.41. The molecule has 0 heterocycles. The molecule has 0 aromatic rings. The topological polar surface area (TPSA) is 17.1 Å². The summed E-state index contributed by atoms with van der Waals surface area (Å²) in [5, 5.41) is 0. The summed E-state index contributed by atoms with van der Waals surface area (Å²) in [4.78, 5) is 12.1. The van der Waals surface area contributed by atoms with E-state index in [4.69, 9.17) is 0 Å². The molecular weight excluding hydrogens is 160 g/mol. The van der Waals surface area contributed by atoms with Gasteiger partial charge in [0, 0.05) is 11.3 Å². The minimum Gasteiger partial charge on any atom is -0.298 e. The van der Waals surface area contributed by atoms with Gasteiger partial charge in [0.15, 0.2) is 0 Å². The van der Waals surface area contributed by atoms with Gasteiger partial charge in [-0.2, -0.15) is 0 Å². The Morgan fingerprint density at radius 1 is 1.46 bits per heavy atom. The van der Waals surface area contributed by atoms with Crippen molar-refractivity contribution < 1.29 is 4.79 Å². The van der Waals surface area contributed by atoms with Gasteiger partial charge in [0.05, 0.1) is 0 Å². The van der Waals surface area contributed by atoms with Gasteiger partial charge in [-0.3, -0.25) is 4.79 Å². The van der Waals surface area contributed by atoms with Gasteiger partial charge in [-0.1, -0.05) is 23.8 Å². The number of Topliss-reactive ketones (excluding diaryl/α,β-unsaturated/α-hetero) is 1. The van der Waals surface area contributed by atoms with Gasteiger partial charge in [0.1, 0.15) is 5.78 Å². The zero-order valence-electron chi connectivity index (χ0n) is 7.92. The van der Waals surface area contributed by atoms with Crippen molar-refractivity contribution in [3.8, 4) is 0 Å². The van der Waals surface area contributed by atoms with E-state index in [2.05, 4.69) is 25.2 Å². The zero-order chi connectivity index (χ0) is 9.05. The van der Waals surface area contributed by atoms with E-state index in [1.54, 1.807) is 0 Å². The summed E-state index contributed by atoms with van der Waals surface area (Å²) in [6, 6.07) is 0. The van der Waals surface area contributed by atoms with Crippen LogP contribution in [0.5, 0.6) is 0 Å². The van der Waals surface area contributed by atoms with Gasteiger partial charge in [0.25, 0.3) is 0 Å². The van der Waals surface area contributed by atoms with Crippen molar-refractivity contribution in [1.82, 2.24) is 0 Å². The highest BCUT2D eigenvalue weighted by atomic mass is 16.1. The van der Waals surface area contributed by atoms with E-state index in [-0.39, 0.29) is 11.3 Å². The van der Waals surface area contributed by atoms with Crippen LogP contribution in [0.2, 0.25) is 0 Å². The summed E-state index contributed by atoms with van der Waals surface area (Å²) >= 11 is 0. The van der Waals surface area contributed by atoms with Gasteiger partial charge < -0.3 is 0 Å². The molecule has 0 amide bonds. The molecule has 0 saturated heterocycles. The van der Waals surface area contributed by atoms with Crippen molar-refractivity contribution in [2.45, 2.75) is 26.2 Å². The Bertz CT molecular complexity index is 337. The Morgan fingerprint density at radius 2 is 2.31 bits per heavy atom. The van der Waals surface area contributed by atoms with Crippen LogP contribution in [0.4, 0.5) is 0 Å². The van der Waals surface area contributed by atoms with Crippen LogP contribution in [0.3, 0.4) is 0 Å². The normalized spacial score (nSPS) is 46.5. The van der Waals surface area contributed by atoms with Crippen LogP contribution in [-0.2, 0) is 4.79 Å². The number of fused-ring (bicyclic) bond motifs is 1. The molecule has 1 saturated carbocycles. The molecule has 3 aliphatic rings. The molecule has 68 valence electrons. The second-order valence-electron chi connectivity index (χ2n) is 4.70. The van der Waals surface area contributed by atoms with Crippen molar-refractivity contribution in [2.24, 2.45) is 17.3 Å². The van der Waals surface area contributed by atoms with Crippen molar-refractivity contribution >= 4 is 5.78 Å². The monoisotopic (exact) mass is 174 g/mol. The maximum Gasteiger partial charge on any atom is 0.147 e. The number of carbonyl (C=O) groups excluding carboxylic acids is 1. The quantitative estimate of drug-likeness (QED) is 0.516. The Labute approximate surface area is 78.5 Å². The maximum absolute atomic E-state index is 12.1. The van der Waals surface area contributed by atoms with Crippen LogP contribution >= 0.6 is 0 Å². The molecular formula is C12H14O. The van der Waals surface area contributed by atoms with Crippen LogP contribution in [0.1, 0.15) is 26.2 Å². The van der Waals surface area contributed by atoms with Gasteiger partial charge in [-0.15, -0.1) is 0 Å². The number of allylic oxidation sites excluding steroid dienone is 4. The van der Waals surface area contributed by atoms with E-state index in [1.807, 2.05) is 0 Å². The van der Waals surface area contributed by atoms with Gasteiger partial charge >= 0.3 is 0 Å². The predicted molar refractivity (Wildman–Crippen MR) is 51.2 cm³/mol. The number of ketones is 1. The minimum absolute atomic E-state index is 0.0174. The summed E-state index contributed by atoms with van der Waals surface area (Å²) in [7, 11) is 0. The average Bonchev–Trinajstić information content (AvgIpc) is 2.49. The molecule has 3 unspecified atom stereocenters. The highest BCUT2D eigenvalue weighted by Crippen LogP contribution is 2.58. The number of hydrogen-bond acceptors (Lipinski definition) is 1. The molecule has 0 aliphatic heterocycles. The van der Waals surface area contributed by atoms with Gasteiger partial charge in [-0.05, 0) is 32.1 Å². The second kappa shape index (κ2) is 2.14. The summed E-state index contributed by atoms with van der Waals surface area (Å²) in [6.45, 7) is 2.19. The molecule has 1 spiro atoms. The molecule has 0 radical (unpaired) electrons. The minimum atomic E-state index is 0.0174. The molecule has 1 nitrogen and oxygen atoms in total. The van der Waals surface area contributed by atoms with Crippen LogP contribution in [0.25, 0.3) is 0 Å². The molecule has 3 aliphatic carbocycles. The van der Waals surface area contributed by atoms with Crippen LogP contribution in [-0.4, -0.2) is 5.78 Å². The first kappa shape index (κ1) is 7.54. The average molecular weight is 174 g/mol. The van der Waals surface area contributed by atoms with Crippen molar-refractivity contribution in [3.05, 3.63) is 23.8 Å². The molecule has 1 heteroatoms. The predicted octanol–water partition coefficient (Wildman–Crippen LogP) is 2.49. The van der Waals surface area contributed by atoms with Gasteiger partial charge in [0.2, 0.25) is 0 Å². The standard InChI is InChI=1S/C12H14O/c1-8-4-6-12-5-2-3-9(11(12)13)7-10(8)12/h2-4,9-10H,5-7H2,1H3. The summed E-state index contributed by atoms with van der Waals surface area (Å²) in [6.07, 6.45) is 9.69. The Hall–Kier alpha value is -0.850. The van der Waals surface area contributed by atoms with Crippen molar-refractivity contribution in [1.29, 1.82) is 0 Å². The molecule has 1 fully saturated rings. The molecule has 13 heavy (non-hydrogen) atoms. The van der Waals surface area contributed by atoms with E-state index in [0.29, 0.717) is 11.7 Å². The van der Waals surface area contributed by atoms with Crippen molar-refractivity contribution in [3.63, 3.8) is 0 Å². The smallest absolute Gasteiger partial charge is 0.147 e. The van der Waals surface area contributed by atoms with Crippen molar-refractivity contribution in [2.75, 3.05) is 0 Å². The molecule has 3 atom stereocenters. The summed E-state index contributed by atoms with van der Waals surface area (Å²) < 4.78 is 0. The lowest BCUT2D eigenvalue weighted by Crippen LogP contribution is -2.32. The molecule has 0 N–H and O–H groups in total. The highest BCUT2D eigenvalue weighted by molar-refractivity contribution is 5.93. The largest absolute Gasteiger partial charge is 0.298 e. The Kier molecular flexibility index (Phi) is 1.24. The third-order valence-corrected chi connectivity index (χ3v) is 4.17. The fraction of sp³-hybridized carbons (Fsp3) is 0.583. The Morgan fingerprint density at radius 3 is 3.15 bits per heavy atom. The first-order valence-corrected chi connectivity index (χ1v) is 5.12. The third-order valence-electron chi connectivity index (χ3n) is 4.17. The van der Waals surface area contributed by atoms with E-state index >= 15 is 0 Å². The zero-order valence-corrected chi connectivity index (χ0v) is 7.92. The lowest BCUT2D eigenvalue weighted by Gasteiger charge is -2.29. The second-order valence-corrected chi connectivity index (χ2v) is 4.70. The van der Waals surface area contributed by atoms with Crippen LogP contribution in [0, 0.1) is 17.3 Å². The lowest BCUT2D eigenvalue weighted by molar-refractivity contribution is -0.128. The van der Waals surface area contributed by atoms with E-state index in [0.717, 1.165) is 19.3 Å². The number of carbonyl (C=O) groups is 1. The molecule has 2 bridgehead atoms. The maximum atomic E-state index is 12.1. The molecule has 0 aromatic heterocycles. The van der Waals surface area contributed by atoms with E-state index in [1.165, 1.54) is 5.57 Å². The lowest BCUT2D eigenvalue weighted by atomic mass is 9.73. The van der Waals surface area contributed by atoms with Gasteiger partial charge in [-0.25, -0.2) is 0 Å². The molecule has 3 rings (SSSR count). The van der Waals surface area contributed by atoms with E-state index < -0.39 is 0 Å². The Balaban J connectivity index is 2.12. The summed E-state index contributed by atoms with van der Waals surface area (Å²) in [5.74, 6) is 1.34. The third kappa shape index (κ3) is 0.714. The first-order chi connectivity index (χ1) is 6.24. The first-order valence-electron chi connectivity index (χ1n) is 5.12. The number of rotatable bonds is 0. The molecule has 0 aromatic carbocycles. The SMILES string of the molecule is CC1=CCC23CC=CC(CC12)C3=O.